The molecule has 1 amide bonds. The molecule has 3 aromatic rings. The first kappa shape index (κ1) is 22.1. The number of fused-ring (bicyclic) bond motifs is 3. The van der Waals surface area contributed by atoms with Gasteiger partial charge >= 0.3 is 0 Å². The van der Waals surface area contributed by atoms with Gasteiger partial charge in [-0.2, -0.15) is 10.2 Å². The van der Waals surface area contributed by atoms with Gasteiger partial charge in [0.1, 0.15) is 11.8 Å². The molecule has 1 fully saturated rings. The molecular formula is C26H26N4O4. The van der Waals surface area contributed by atoms with Crippen LogP contribution in [0.5, 0.6) is 5.75 Å². The van der Waals surface area contributed by atoms with E-state index < -0.39 is 0 Å². The van der Waals surface area contributed by atoms with Crippen LogP contribution in [-0.4, -0.2) is 44.8 Å². The molecule has 1 N–H and O–H groups in total. The summed E-state index contributed by atoms with van der Waals surface area (Å²) in [4.78, 5) is 19.0. The maximum absolute atomic E-state index is 12.6. The highest BCUT2D eigenvalue weighted by Crippen LogP contribution is 2.50. The number of aliphatic hydroxyl groups is 1. The van der Waals surface area contributed by atoms with Crippen molar-refractivity contribution in [2.24, 2.45) is 5.92 Å². The Labute approximate surface area is 197 Å². The summed E-state index contributed by atoms with van der Waals surface area (Å²) in [6, 6.07) is 13.1. The summed E-state index contributed by atoms with van der Waals surface area (Å²) in [7, 11) is 0. The molecule has 174 valence electrons. The lowest BCUT2D eigenvalue weighted by Crippen LogP contribution is -2.38. The van der Waals surface area contributed by atoms with Crippen molar-refractivity contribution in [3.8, 4) is 34.7 Å². The Bertz CT molecular complexity index is 1290. The van der Waals surface area contributed by atoms with Crippen LogP contribution in [0.4, 0.5) is 0 Å². The van der Waals surface area contributed by atoms with Gasteiger partial charge < -0.3 is 19.3 Å². The predicted octanol–water partition coefficient (Wildman–Crippen LogP) is 3.89. The largest absolute Gasteiger partial charge is 0.490 e. The molecule has 8 nitrogen and oxygen atoms in total. The highest BCUT2D eigenvalue weighted by molar-refractivity contribution is 5.81. The Morgan fingerprint density at radius 3 is 2.82 bits per heavy atom. The zero-order valence-electron chi connectivity index (χ0n) is 19.4. The van der Waals surface area contributed by atoms with Crippen molar-refractivity contribution in [3.63, 3.8) is 0 Å². The van der Waals surface area contributed by atoms with Crippen LogP contribution < -0.4 is 4.74 Å². The number of rotatable bonds is 6. The standard InChI is InChI=1S/C26H26N4O4/c1-14(2)33-22-8-7-16(9-18(22)12-27)26-28-25(29-34-26)20-6-4-5-19-21(20)10-17-11-23(32)30(24(17)19)15(3)13-31/h4-9,14-15,17,24,31H,10-11,13H2,1-3H3/t15-,17?,24+/m1/s1. The third kappa shape index (κ3) is 3.62. The monoisotopic (exact) mass is 458 g/mol. The fourth-order valence-electron chi connectivity index (χ4n) is 5.16. The number of amides is 1. The molecule has 1 saturated heterocycles. The zero-order chi connectivity index (χ0) is 24.0. The van der Waals surface area contributed by atoms with Crippen LogP contribution in [0.15, 0.2) is 40.9 Å². The number of benzene rings is 2. The number of nitriles is 1. The first-order valence-corrected chi connectivity index (χ1v) is 11.5. The number of hydrogen-bond acceptors (Lipinski definition) is 7. The molecule has 34 heavy (non-hydrogen) atoms. The average Bonchev–Trinajstić information content (AvgIpc) is 3.52. The van der Waals surface area contributed by atoms with Crippen LogP contribution in [0, 0.1) is 17.2 Å². The Balaban J connectivity index is 1.48. The molecule has 1 aliphatic carbocycles. The molecular weight excluding hydrogens is 432 g/mol. The van der Waals surface area contributed by atoms with Gasteiger partial charge in [-0.15, -0.1) is 0 Å². The predicted molar refractivity (Wildman–Crippen MR) is 124 cm³/mol. The van der Waals surface area contributed by atoms with Gasteiger partial charge in [-0.05, 0) is 62.4 Å². The third-order valence-electron chi connectivity index (χ3n) is 6.58. The smallest absolute Gasteiger partial charge is 0.258 e. The minimum Gasteiger partial charge on any atom is -0.490 e. The molecule has 3 atom stereocenters. The van der Waals surface area contributed by atoms with E-state index in [1.165, 1.54) is 0 Å². The normalized spacial score (nSPS) is 19.8. The van der Waals surface area contributed by atoms with Crippen molar-refractivity contribution in [2.45, 2.75) is 51.8 Å². The lowest BCUT2D eigenvalue weighted by Gasteiger charge is -2.30. The van der Waals surface area contributed by atoms with Gasteiger partial charge in [-0.25, -0.2) is 0 Å². The van der Waals surface area contributed by atoms with E-state index in [4.69, 9.17) is 9.26 Å². The Morgan fingerprint density at radius 2 is 2.09 bits per heavy atom. The number of carbonyl (C=O) groups excluding carboxylic acids is 1. The van der Waals surface area contributed by atoms with Gasteiger partial charge in [0.2, 0.25) is 11.7 Å². The minimum absolute atomic E-state index is 0.0392. The van der Waals surface area contributed by atoms with Gasteiger partial charge in [0.15, 0.2) is 0 Å². The average molecular weight is 459 g/mol. The minimum atomic E-state index is -0.231. The van der Waals surface area contributed by atoms with Crippen LogP contribution in [-0.2, 0) is 11.2 Å². The van der Waals surface area contributed by atoms with Crippen molar-refractivity contribution in [1.29, 1.82) is 5.26 Å². The number of carbonyl (C=O) groups is 1. The van der Waals surface area contributed by atoms with Crippen molar-refractivity contribution >= 4 is 5.91 Å². The summed E-state index contributed by atoms with van der Waals surface area (Å²) in [6.45, 7) is 5.63. The molecule has 2 heterocycles. The van der Waals surface area contributed by atoms with Gasteiger partial charge in [-0.1, -0.05) is 23.4 Å². The van der Waals surface area contributed by atoms with Crippen LogP contribution in [0.1, 0.15) is 49.9 Å². The Kier molecular flexibility index (Phi) is 5.58. The van der Waals surface area contributed by atoms with E-state index in [-0.39, 0.29) is 36.6 Å². The molecule has 1 aromatic heterocycles. The summed E-state index contributed by atoms with van der Waals surface area (Å²) < 4.78 is 11.3. The van der Waals surface area contributed by atoms with E-state index in [9.17, 15) is 15.2 Å². The number of nitrogens with zero attached hydrogens (tertiary/aromatic N) is 4. The lowest BCUT2D eigenvalue weighted by molar-refractivity contribution is -0.131. The SMILES string of the molecule is CC(C)Oc1ccc(-c2nc(-c3cccc4c3CC3CC(=O)N([C@H](C)CO)[C@H]43)no2)cc1C#N. The van der Waals surface area contributed by atoms with E-state index >= 15 is 0 Å². The molecule has 2 aromatic carbocycles. The van der Waals surface area contributed by atoms with Crippen molar-refractivity contribution in [2.75, 3.05) is 6.61 Å². The summed E-state index contributed by atoms with van der Waals surface area (Å²) in [5, 5.41) is 23.4. The second-order valence-electron chi connectivity index (χ2n) is 9.23. The number of ether oxygens (including phenoxy) is 1. The fraction of sp³-hybridized carbons (Fsp3) is 0.385. The van der Waals surface area contributed by atoms with E-state index in [2.05, 4.69) is 16.2 Å². The first-order valence-electron chi connectivity index (χ1n) is 11.5. The van der Waals surface area contributed by atoms with Crippen molar-refractivity contribution in [3.05, 3.63) is 53.1 Å². The molecule has 0 spiro atoms. The van der Waals surface area contributed by atoms with Crippen LogP contribution in [0.2, 0.25) is 0 Å². The van der Waals surface area contributed by atoms with Gasteiger partial charge in [0.25, 0.3) is 5.89 Å². The van der Waals surface area contributed by atoms with Gasteiger partial charge in [0, 0.05) is 17.5 Å². The van der Waals surface area contributed by atoms with Crippen molar-refractivity contribution < 1.29 is 19.2 Å². The highest BCUT2D eigenvalue weighted by Gasteiger charge is 2.47. The Hall–Kier alpha value is -3.70. The van der Waals surface area contributed by atoms with Gasteiger partial charge in [-0.3, -0.25) is 4.79 Å². The number of aromatic nitrogens is 2. The van der Waals surface area contributed by atoms with Crippen LogP contribution in [0.3, 0.4) is 0 Å². The second-order valence-corrected chi connectivity index (χ2v) is 9.23. The zero-order valence-corrected chi connectivity index (χ0v) is 19.4. The molecule has 1 aliphatic heterocycles. The maximum Gasteiger partial charge on any atom is 0.258 e. The lowest BCUT2D eigenvalue weighted by atomic mass is 10.0. The van der Waals surface area contributed by atoms with E-state index in [0.717, 1.165) is 23.1 Å². The summed E-state index contributed by atoms with van der Waals surface area (Å²) in [6.07, 6.45) is 1.18. The van der Waals surface area contributed by atoms with Crippen molar-refractivity contribution in [1.82, 2.24) is 15.0 Å². The first-order chi connectivity index (χ1) is 16.4. The highest BCUT2D eigenvalue weighted by atomic mass is 16.5. The number of hydrogen-bond donors (Lipinski definition) is 1. The number of likely N-dealkylation sites (tertiary alicyclic amines) is 1. The van der Waals surface area contributed by atoms with E-state index in [1.807, 2.05) is 43.9 Å². The number of aliphatic hydroxyl groups excluding tert-OH is 1. The molecule has 0 radical (unpaired) electrons. The summed E-state index contributed by atoms with van der Waals surface area (Å²) >= 11 is 0. The molecule has 2 aliphatic rings. The molecule has 8 heteroatoms. The maximum atomic E-state index is 12.6. The molecule has 0 saturated carbocycles. The topological polar surface area (TPSA) is 112 Å². The van der Waals surface area contributed by atoms with Crippen LogP contribution in [0.25, 0.3) is 22.8 Å². The Morgan fingerprint density at radius 1 is 1.26 bits per heavy atom. The third-order valence-corrected chi connectivity index (χ3v) is 6.58. The molecule has 0 bridgehead atoms. The summed E-state index contributed by atoms with van der Waals surface area (Å²) in [5.74, 6) is 1.58. The molecule has 1 unspecified atom stereocenters. The fourth-order valence-corrected chi connectivity index (χ4v) is 5.16. The van der Waals surface area contributed by atoms with Gasteiger partial charge in [0.05, 0.1) is 30.4 Å². The summed E-state index contributed by atoms with van der Waals surface area (Å²) in [5.41, 5.74) is 4.13. The second kappa shape index (κ2) is 8.58. The van der Waals surface area contributed by atoms with E-state index in [0.29, 0.717) is 35.0 Å². The van der Waals surface area contributed by atoms with Crippen LogP contribution >= 0.6 is 0 Å². The quantitative estimate of drug-likeness (QED) is 0.596. The molecule has 5 rings (SSSR count). The van der Waals surface area contributed by atoms with E-state index in [1.54, 1.807) is 18.2 Å².